The average Bonchev–Trinajstić information content (AvgIpc) is 2.53. The molecule has 1 fully saturated rings. The van der Waals surface area contributed by atoms with Gasteiger partial charge in [0.1, 0.15) is 11.6 Å². The summed E-state index contributed by atoms with van der Waals surface area (Å²) in [5.41, 5.74) is -0.204. The van der Waals surface area contributed by atoms with Gasteiger partial charge in [0, 0.05) is 37.5 Å². The van der Waals surface area contributed by atoms with Crippen LogP contribution >= 0.6 is 0 Å². The molecule has 0 heterocycles. The van der Waals surface area contributed by atoms with Crippen molar-refractivity contribution in [2.75, 3.05) is 6.61 Å². The van der Waals surface area contributed by atoms with Crippen LogP contribution in [0.1, 0.15) is 48.9 Å². The van der Waals surface area contributed by atoms with Gasteiger partial charge in [-0.05, 0) is 25.0 Å². The highest BCUT2D eigenvalue weighted by Crippen LogP contribution is 2.24. The molecule has 1 aromatic carbocycles. The second-order valence-corrected chi connectivity index (χ2v) is 5.95. The van der Waals surface area contributed by atoms with Crippen molar-refractivity contribution in [1.82, 2.24) is 5.32 Å². The fourth-order valence-corrected chi connectivity index (χ4v) is 2.97. The van der Waals surface area contributed by atoms with Crippen molar-refractivity contribution < 1.29 is 23.5 Å². The predicted molar refractivity (Wildman–Crippen MR) is 80.9 cm³/mol. The van der Waals surface area contributed by atoms with E-state index in [-0.39, 0.29) is 42.9 Å². The molecule has 0 saturated heterocycles. The standard InChI is InChI=1S/C17H21F2NO3/c18-12-5-6-13(14(19)9-12)16(22)7-8-17(23)20-15-4-2-1-3-11(15)10-21/h5-6,9,11,15,21H,1-4,7-8,10H2,(H,20,23). The number of carbonyl (C=O) groups is 2. The molecule has 0 spiro atoms. The van der Waals surface area contributed by atoms with E-state index in [4.69, 9.17) is 0 Å². The van der Waals surface area contributed by atoms with Crippen molar-refractivity contribution in [2.45, 2.75) is 44.6 Å². The maximum Gasteiger partial charge on any atom is 0.220 e. The molecule has 23 heavy (non-hydrogen) atoms. The van der Waals surface area contributed by atoms with Crippen LogP contribution < -0.4 is 5.32 Å². The fourth-order valence-electron chi connectivity index (χ4n) is 2.97. The van der Waals surface area contributed by atoms with Gasteiger partial charge >= 0.3 is 0 Å². The van der Waals surface area contributed by atoms with Gasteiger partial charge in [-0.25, -0.2) is 8.78 Å². The minimum atomic E-state index is -0.914. The van der Waals surface area contributed by atoms with Crippen molar-refractivity contribution in [3.63, 3.8) is 0 Å². The first-order valence-electron chi connectivity index (χ1n) is 7.89. The lowest BCUT2D eigenvalue weighted by atomic mass is 9.85. The van der Waals surface area contributed by atoms with Crippen molar-refractivity contribution >= 4 is 11.7 Å². The third kappa shape index (κ3) is 4.82. The van der Waals surface area contributed by atoms with Crippen LogP contribution in [0.4, 0.5) is 8.78 Å². The van der Waals surface area contributed by atoms with Gasteiger partial charge in [-0.15, -0.1) is 0 Å². The minimum absolute atomic E-state index is 0.0324. The van der Waals surface area contributed by atoms with E-state index in [1.54, 1.807) is 0 Å². The van der Waals surface area contributed by atoms with E-state index in [0.29, 0.717) is 6.07 Å². The topological polar surface area (TPSA) is 66.4 Å². The zero-order chi connectivity index (χ0) is 16.8. The van der Waals surface area contributed by atoms with Crippen molar-refractivity contribution in [1.29, 1.82) is 0 Å². The van der Waals surface area contributed by atoms with Crippen LogP contribution in [0.25, 0.3) is 0 Å². The Hall–Kier alpha value is -1.82. The highest BCUT2D eigenvalue weighted by molar-refractivity contribution is 5.98. The van der Waals surface area contributed by atoms with Crippen LogP contribution in [0, 0.1) is 17.6 Å². The van der Waals surface area contributed by atoms with Crippen LogP contribution in [0.3, 0.4) is 0 Å². The molecule has 126 valence electrons. The van der Waals surface area contributed by atoms with Crippen molar-refractivity contribution in [3.05, 3.63) is 35.4 Å². The summed E-state index contributed by atoms with van der Waals surface area (Å²) in [5.74, 6) is -2.42. The van der Waals surface area contributed by atoms with E-state index in [2.05, 4.69) is 5.32 Å². The summed E-state index contributed by atoms with van der Waals surface area (Å²) < 4.78 is 26.3. The average molecular weight is 325 g/mol. The lowest BCUT2D eigenvalue weighted by Gasteiger charge is -2.30. The van der Waals surface area contributed by atoms with Crippen molar-refractivity contribution in [2.24, 2.45) is 5.92 Å². The summed E-state index contributed by atoms with van der Waals surface area (Å²) in [6, 6.07) is 2.69. The van der Waals surface area contributed by atoms with Gasteiger partial charge in [0.05, 0.1) is 5.56 Å². The van der Waals surface area contributed by atoms with Gasteiger partial charge in [0.25, 0.3) is 0 Å². The van der Waals surface area contributed by atoms with Crippen LogP contribution in [-0.2, 0) is 4.79 Å². The number of rotatable bonds is 6. The highest BCUT2D eigenvalue weighted by atomic mass is 19.1. The number of ketones is 1. The van der Waals surface area contributed by atoms with E-state index in [0.717, 1.165) is 37.8 Å². The van der Waals surface area contributed by atoms with E-state index < -0.39 is 17.4 Å². The molecule has 0 aliphatic heterocycles. The Morgan fingerprint density at radius 1 is 1.17 bits per heavy atom. The second-order valence-electron chi connectivity index (χ2n) is 5.95. The summed E-state index contributed by atoms with van der Waals surface area (Å²) in [6.07, 6.45) is 3.55. The molecule has 1 saturated carbocycles. The molecule has 2 atom stereocenters. The molecule has 2 N–H and O–H groups in total. The number of aliphatic hydroxyl groups is 1. The summed E-state index contributed by atoms with van der Waals surface area (Å²) in [7, 11) is 0. The van der Waals surface area contributed by atoms with E-state index in [9.17, 15) is 23.5 Å². The Labute approximate surface area is 133 Å². The molecule has 0 bridgehead atoms. The molecule has 1 amide bonds. The monoisotopic (exact) mass is 325 g/mol. The Balaban J connectivity index is 1.85. The van der Waals surface area contributed by atoms with Crippen LogP contribution in [0.2, 0.25) is 0 Å². The first kappa shape index (κ1) is 17.5. The lowest BCUT2D eigenvalue weighted by Crippen LogP contribution is -2.43. The van der Waals surface area contributed by atoms with Gasteiger partial charge in [0.2, 0.25) is 5.91 Å². The number of nitrogens with one attached hydrogen (secondary N) is 1. The Morgan fingerprint density at radius 2 is 1.91 bits per heavy atom. The largest absolute Gasteiger partial charge is 0.396 e. The first-order valence-corrected chi connectivity index (χ1v) is 7.89. The maximum atomic E-state index is 13.5. The number of hydrogen-bond acceptors (Lipinski definition) is 3. The first-order chi connectivity index (χ1) is 11.0. The molecule has 2 rings (SSSR count). The SMILES string of the molecule is O=C(CCC(=O)c1ccc(F)cc1F)NC1CCCCC1CO. The lowest BCUT2D eigenvalue weighted by molar-refractivity contribution is -0.122. The molecule has 6 heteroatoms. The molecular formula is C17H21F2NO3. The number of halogens is 2. The molecule has 2 unspecified atom stereocenters. The molecule has 0 radical (unpaired) electrons. The van der Waals surface area contributed by atoms with Crippen LogP contribution in [0.15, 0.2) is 18.2 Å². The number of carbonyl (C=O) groups excluding carboxylic acids is 2. The Bertz CT molecular complexity index is 577. The highest BCUT2D eigenvalue weighted by Gasteiger charge is 2.26. The van der Waals surface area contributed by atoms with Gasteiger partial charge in [-0.2, -0.15) is 0 Å². The fraction of sp³-hybridized carbons (Fsp3) is 0.529. The van der Waals surface area contributed by atoms with Gasteiger partial charge < -0.3 is 10.4 Å². The Kier molecular flexibility index (Phi) is 6.21. The van der Waals surface area contributed by atoms with E-state index in [1.165, 1.54) is 0 Å². The van der Waals surface area contributed by atoms with Gasteiger partial charge in [0.15, 0.2) is 5.78 Å². The smallest absolute Gasteiger partial charge is 0.220 e. The van der Waals surface area contributed by atoms with E-state index in [1.807, 2.05) is 0 Å². The predicted octanol–water partition coefficient (Wildman–Crippen LogP) is 2.60. The third-order valence-corrected chi connectivity index (χ3v) is 4.30. The molecular weight excluding hydrogens is 304 g/mol. The zero-order valence-corrected chi connectivity index (χ0v) is 12.9. The summed E-state index contributed by atoms with van der Waals surface area (Å²) >= 11 is 0. The molecule has 1 aromatic rings. The van der Waals surface area contributed by atoms with Gasteiger partial charge in [-0.3, -0.25) is 9.59 Å². The van der Waals surface area contributed by atoms with Gasteiger partial charge in [-0.1, -0.05) is 12.8 Å². The number of hydrogen-bond donors (Lipinski definition) is 2. The quantitative estimate of drug-likeness (QED) is 0.790. The summed E-state index contributed by atoms with van der Waals surface area (Å²) in [6.45, 7) is 0.0324. The molecule has 1 aliphatic rings. The number of amides is 1. The Morgan fingerprint density at radius 3 is 2.61 bits per heavy atom. The number of benzene rings is 1. The zero-order valence-electron chi connectivity index (χ0n) is 12.9. The van der Waals surface area contributed by atoms with Crippen LogP contribution in [-0.4, -0.2) is 29.4 Å². The van der Waals surface area contributed by atoms with Crippen LogP contribution in [0.5, 0.6) is 0 Å². The summed E-state index contributed by atoms with van der Waals surface area (Å²) in [5, 5.41) is 12.2. The normalized spacial score (nSPS) is 21.0. The third-order valence-electron chi connectivity index (χ3n) is 4.30. The van der Waals surface area contributed by atoms with E-state index >= 15 is 0 Å². The molecule has 0 aromatic heterocycles. The number of aliphatic hydroxyl groups excluding tert-OH is 1. The maximum absolute atomic E-state index is 13.5. The van der Waals surface area contributed by atoms with Crippen molar-refractivity contribution in [3.8, 4) is 0 Å². The number of Topliss-reactive ketones (excluding diaryl/α,β-unsaturated/α-hetero) is 1. The molecule has 1 aliphatic carbocycles. The molecule has 4 nitrogen and oxygen atoms in total. The minimum Gasteiger partial charge on any atom is -0.396 e. The second kappa shape index (κ2) is 8.15. The summed E-state index contributed by atoms with van der Waals surface area (Å²) in [4.78, 5) is 23.9.